The molecule has 6 nitrogen and oxygen atoms in total. The lowest BCUT2D eigenvalue weighted by Gasteiger charge is -2.12. The van der Waals surface area contributed by atoms with Crippen LogP contribution in [-0.2, 0) is 4.79 Å². The number of nitrogens with one attached hydrogen (secondary N) is 3. The summed E-state index contributed by atoms with van der Waals surface area (Å²) in [5.41, 5.74) is 0.996. The molecule has 28 heavy (non-hydrogen) atoms. The van der Waals surface area contributed by atoms with Crippen LogP contribution in [0.1, 0.15) is 12.7 Å². The van der Waals surface area contributed by atoms with Gasteiger partial charge in [0, 0.05) is 24.4 Å². The highest BCUT2D eigenvalue weighted by Crippen LogP contribution is 2.25. The second-order valence-electron chi connectivity index (χ2n) is 5.92. The van der Waals surface area contributed by atoms with E-state index in [1.165, 1.54) is 13.0 Å². The van der Waals surface area contributed by atoms with Crippen molar-refractivity contribution in [2.45, 2.75) is 13.8 Å². The number of hydrogen-bond donors (Lipinski definition) is 3. The molecule has 9 heteroatoms. The molecule has 1 aromatic heterocycles. The summed E-state index contributed by atoms with van der Waals surface area (Å²) < 4.78 is 40.4. The summed E-state index contributed by atoms with van der Waals surface area (Å²) in [6.07, 6.45) is 0. The molecule has 0 aliphatic carbocycles. The number of rotatable bonds is 5. The summed E-state index contributed by atoms with van der Waals surface area (Å²) in [6, 6.07) is 10.3. The first-order valence-corrected chi connectivity index (χ1v) is 8.22. The first-order valence-electron chi connectivity index (χ1n) is 8.22. The van der Waals surface area contributed by atoms with Gasteiger partial charge in [0.15, 0.2) is 17.5 Å². The fraction of sp³-hybridized carbons (Fsp3) is 0.105. The maximum atomic E-state index is 13.9. The fourth-order valence-electron chi connectivity index (χ4n) is 2.48. The average molecular weight is 387 g/mol. The Hall–Kier alpha value is -3.62. The minimum absolute atomic E-state index is 0.193. The molecule has 0 saturated heterocycles. The number of anilines is 5. The van der Waals surface area contributed by atoms with Crippen molar-refractivity contribution in [3.63, 3.8) is 0 Å². The molecule has 1 heterocycles. The lowest BCUT2D eigenvalue weighted by atomic mass is 10.2. The van der Waals surface area contributed by atoms with E-state index in [1.54, 1.807) is 31.2 Å². The molecule has 3 rings (SSSR count). The molecule has 0 saturated carbocycles. The van der Waals surface area contributed by atoms with Crippen molar-refractivity contribution in [1.29, 1.82) is 0 Å². The van der Waals surface area contributed by atoms with Gasteiger partial charge in [-0.25, -0.2) is 23.1 Å². The molecular formula is C19H16F3N5O. The molecule has 144 valence electrons. The van der Waals surface area contributed by atoms with E-state index in [0.29, 0.717) is 23.0 Å². The van der Waals surface area contributed by atoms with Crippen LogP contribution < -0.4 is 16.0 Å². The van der Waals surface area contributed by atoms with Crippen LogP contribution in [0.3, 0.4) is 0 Å². The highest BCUT2D eigenvalue weighted by Gasteiger charge is 2.14. The Morgan fingerprint density at radius 2 is 1.57 bits per heavy atom. The molecule has 0 aliphatic rings. The Kier molecular flexibility index (Phi) is 5.44. The second-order valence-corrected chi connectivity index (χ2v) is 5.92. The van der Waals surface area contributed by atoms with E-state index in [9.17, 15) is 18.0 Å². The summed E-state index contributed by atoms with van der Waals surface area (Å²) in [5, 5.41) is 8.33. The summed E-state index contributed by atoms with van der Waals surface area (Å²) in [6.45, 7) is 3.04. The zero-order valence-corrected chi connectivity index (χ0v) is 15.0. The molecule has 0 atom stereocenters. The number of halogens is 3. The van der Waals surface area contributed by atoms with Crippen molar-refractivity contribution in [3.8, 4) is 0 Å². The van der Waals surface area contributed by atoms with Crippen LogP contribution in [0.25, 0.3) is 0 Å². The lowest BCUT2D eigenvalue weighted by Crippen LogP contribution is -2.06. The van der Waals surface area contributed by atoms with Crippen molar-refractivity contribution in [3.05, 3.63) is 65.7 Å². The molecule has 1 amide bonds. The van der Waals surface area contributed by atoms with Crippen LogP contribution in [0.15, 0.2) is 42.5 Å². The van der Waals surface area contributed by atoms with Crippen molar-refractivity contribution in [1.82, 2.24) is 9.97 Å². The molecule has 0 aliphatic heterocycles. The van der Waals surface area contributed by atoms with Gasteiger partial charge in [-0.2, -0.15) is 0 Å². The monoisotopic (exact) mass is 387 g/mol. The Balaban J connectivity index is 1.84. The molecule has 0 bridgehead atoms. The van der Waals surface area contributed by atoms with Crippen molar-refractivity contribution < 1.29 is 18.0 Å². The number of aromatic nitrogens is 2. The first kappa shape index (κ1) is 19.2. The van der Waals surface area contributed by atoms with Gasteiger partial charge < -0.3 is 16.0 Å². The normalized spacial score (nSPS) is 10.5. The SMILES string of the molecule is CC(=O)Nc1cccc(Nc2cc(Nc3ccc(F)c(F)c3F)nc(C)n2)c1. The molecule has 3 N–H and O–H groups in total. The van der Waals surface area contributed by atoms with Gasteiger partial charge in [0.1, 0.15) is 17.5 Å². The number of nitrogens with zero attached hydrogens (tertiary/aromatic N) is 2. The Morgan fingerprint density at radius 1 is 0.893 bits per heavy atom. The summed E-state index contributed by atoms with van der Waals surface area (Å²) in [5.74, 6) is -3.43. The number of benzene rings is 2. The van der Waals surface area contributed by atoms with Crippen molar-refractivity contribution in [2.75, 3.05) is 16.0 Å². The Labute approximate surface area is 158 Å². The first-order chi connectivity index (χ1) is 13.3. The average Bonchev–Trinajstić information content (AvgIpc) is 2.61. The van der Waals surface area contributed by atoms with Crippen LogP contribution in [-0.4, -0.2) is 15.9 Å². The zero-order valence-electron chi connectivity index (χ0n) is 15.0. The molecule has 3 aromatic rings. The van der Waals surface area contributed by atoms with Gasteiger partial charge in [0.25, 0.3) is 0 Å². The van der Waals surface area contributed by atoms with Crippen LogP contribution in [0.5, 0.6) is 0 Å². The minimum atomic E-state index is -1.57. The van der Waals surface area contributed by atoms with Gasteiger partial charge in [-0.1, -0.05) is 6.07 Å². The van der Waals surface area contributed by atoms with Gasteiger partial charge in [-0.15, -0.1) is 0 Å². The Bertz CT molecular complexity index is 1040. The number of aryl methyl sites for hydroxylation is 1. The lowest BCUT2D eigenvalue weighted by molar-refractivity contribution is -0.114. The van der Waals surface area contributed by atoms with E-state index in [4.69, 9.17) is 0 Å². The van der Waals surface area contributed by atoms with E-state index in [-0.39, 0.29) is 17.4 Å². The fourth-order valence-corrected chi connectivity index (χ4v) is 2.48. The molecule has 0 radical (unpaired) electrons. The predicted molar refractivity (Wildman–Crippen MR) is 100 cm³/mol. The molecule has 0 spiro atoms. The van der Waals surface area contributed by atoms with E-state index >= 15 is 0 Å². The molecular weight excluding hydrogens is 371 g/mol. The number of carbonyl (C=O) groups excluding carboxylic acids is 1. The maximum absolute atomic E-state index is 13.9. The third-order valence-corrected chi connectivity index (χ3v) is 3.59. The third kappa shape index (κ3) is 4.56. The van der Waals surface area contributed by atoms with Gasteiger partial charge in [0.05, 0.1) is 5.69 Å². The number of amides is 1. The quantitative estimate of drug-likeness (QED) is 0.556. The van der Waals surface area contributed by atoms with Crippen LogP contribution in [0.4, 0.5) is 41.9 Å². The van der Waals surface area contributed by atoms with Gasteiger partial charge in [0.2, 0.25) is 5.91 Å². The highest BCUT2D eigenvalue weighted by molar-refractivity contribution is 5.89. The highest BCUT2D eigenvalue weighted by atomic mass is 19.2. The third-order valence-electron chi connectivity index (χ3n) is 3.59. The van der Waals surface area contributed by atoms with E-state index in [1.807, 2.05) is 0 Å². The van der Waals surface area contributed by atoms with Gasteiger partial charge >= 0.3 is 0 Å². The van der Waals surface area contributed by atoms with E-state index in [2.05, 4.69) is 25.9 Å². The summed E-state index contributed by atoms with van der Waals surface area (Å²) in [7, 11) is 0. The largest absolute Gasteiger partial charge is 0.340 e. The van der Waals surface area contributed by atoms with Gasteiger partial charge in [-0.05, 0) is 37.3 Å². The zero-order chi connectivity index (χ0) is 20.3. The standard InChI is InChI=1S/C19H16F3N5O/c1-10-23-16(26-13-5-3-4-12(8-13)25-11(2)28)9-17(24-10)27-15-7-6-14(20)18(21)19(15)22/h3-9H,1-2H3,(H,25,28)(H2,23,24,26,27). The Morgan fingerprint density at radius 3 is 2.29 bits per heavy atom. The second kappa shape index (κ2) is 7.95. The number of carbonyl (C=O) groups is 1. The number of hydrogen-bond acceptors (Lipinski definition) is 5. The molecule has 0 unspecified atom stereocenters. The van der Waals surface area contributed by atoms with Crippen molar-refractivity contribution in [2.24, 2.45) is 0 Å². The topological polar surface area (TPSA) is 78.9 Å². The smallest absolute Gasteiger partial charge is 0.221 e. The summed E-state index contributed by atoms with van der Waals surface area (Å²) >= 11 is 0. The van der Waals surface area contributed by atoms with Crippen LogP contribution in [0.2, 0.25) is 0 Å². The molecule has 0 fully saturated rings. The summed E-state index contributed by atoms with van der Waals surface area (Å²) in [4.78, 5) is 19.5. The minimum Gasteiger partial charge on any atom is -0.340 e. The van der Waals surface area contributed by atoms with Gasteiger partial charge in [-0.3, -0.25) is 4.79 Å². The van der Waals surface area contributed by atoms with Crippen molar-refractivity contribution >= 4 is 34.6 Å². The van der Waals surface area contributed by atoms with E-state index < -0.39 is 17.5 Å². The molecule has 2 aromatic carbocycles. The predicted octanol–water partition coefficient (Wildman–Crippen LogP) is 4.65. The maximum Gasteiger partial charge on any atom is 0.221 e. The van der Waals surface area contributed by atoms with Crippen LogP contribution in [0, 0.1) is 24.4 Å². The van der Waals surface area contributed by atoms with E-state index in [0.717, 1.165) is 12.1 Å². The van der Waals surface area contributed by atoms with Crippen LogP contribution >= 0.6 is 0 Å².